The Labute approximate surface area is 98.3 Å². The number of ketones is 1. The normalized spacial score (nSPS) is 12.1. The lowest BCUT2D eigenvalue weighted by Crippen LogP contribution is -2.15. The second-order valence-corrected chi connectivity index (χ2v) is 3.67. The van der Waals surface area contributed by atoms with Gasteiger partial charge in [-0.05, 0) is 5.75 Å². The number of aliphatic hydroxyl groups is 1. The number of carbonyl (C=O) groups is 2. The van der Waals surface area contributed by atoms with Crippen LogP contribution in [0.3, 0.4) is 0 Å². The molecule has 0 saturated carbocycles. The minimum Gasteiger partial charge on any atom is -0.479 e. The summed E-state index contributed by atoms with van der Waals surface area (Å²) in [5.74, 6) is -1.20. The van der Waals surface area contributed by atoms with Gasteiger partial charge in [0.2, 0.25) is 0 Å². The molecule has 2 N–H and O–H groups in total. The maximum absolute atomic E-state index is 11.6. The lowest BCUT2D eigenvalue weighted by Gasteiger charge is -2.10. The molecule has 1 rings (SSSR count). The number of rotatable bonds is 5. The molecule has 16 heavy (non-hydrogen) atoms. The molecule has 0 radical (unpaired) electrons. The first kappa shape index (κ1) is 12.7. The summed E-state index contributed by atoms with van der Waals surface area (Å²) >= 11 is 3.94. The van der Waals surface area contributed by atoms with Gasteiger partial charge in [-0.25, -0.2) is 4.79 Å². The van der Waals surface area contributed by atoms with Gasteiger partial charge in [0.25, 0.3) is 0 Å². The van der Waals surface area contributed by atoms with Gasteiger partial charge in [-0.1, -0.05) is 24.3 Å². The Bertz CT molecular complexity index is 403. The van der Waals surface area contributed by atoms with Gasteiger partial charge in [0.15, 0.2) is 11.9 Å². The molecule has 0 aromatic heterocycles. The zero-order valence-corrected chi connectivity index (χ0v) is 9.35. The van der Waals surface area contributed by atoms with Crippen LogP contribution in [0.5, 0.6) is 0 Å². The number of thiol groups is 1. The fourth-order valence-corrected chi connectivity index (χ4v) is 1.56. The third-order valence-electron chi connectivity index (χ3n) is 2.13. The smallest absolute Gasteiger partial charge is 0.337 e. The van der Waals surface area contributed by atoms with Crippen LogP contribution >= 0.6 is 12.6 Å². The van der Waals surface area contributed by atoms with Crippen LogP contribution in [-0.2, 0) is 4.79 Å². The molecule has 0 aliphatic rings. The average molecular weight is 240 g/mol. The molecular weight excluding hydrogens is 228 g/mol. The summed E-state index contributed by atoms with van der Waals surface area (Å²) in [5, 5.41) is 18.1. The lowest BCUT2D eigenvalue weighted by molar-refractivity contribution is -0.146. The Morgan fingerprint density at radius 2 is 1.94 bits per heavy atom. The lowest BCUT2D eigenvalue weighted by atomic mass is 9.98. The SMILES string of the molecule is O=C(CCS)c1ccccc1[C@@H](O)C(=O)O. The van der Waals surface area contributed by atoms with E-state index in [0.29, 0.717) is 5.75 Å². The monoisotopic (exact) mass is 240 g/mol. The van der Waals surface area contributed by atoms with Gasteiger partial charge < -0.3 is 10.2 Å². The molecule has 1 atom stereocenters. The standard InChI is InChI=1S/C11H12O4S/c12-9(5-6-16)7-3-1-2-4-8(7)10(13)11(14)15/h1-4,10,13,16H,5-6H2,(H,14,15)/t10-/m1/s1. The first-order valence-electron chi connectivity index (χ1n) is 4.71. The molecule has 0 unspecified atom stereocenters. The summed E-state index contributed by atoms with van der Waals surface area (Å²) in [6.45, 7) is 0. The van der Waals surface area contributed by atoms with Crippen molar-refractivity contribution in [2.75, 3.05) is 5.75 Å². The number of aliphatic carboxylic acids is 1. The number of hydrogen-bond acceptors (Lipinski definition) is 4. The van der Waals surface area contributed by atoms with Crippen LogP contribution in [-0.4, -0.2) is 27.7 Å². The molecule has 0 fully saturated rings. The summed E-state index contributed by atoms with van der Waals surface area (Å²) in [5.41, 5.74) is 0.369. The quantitative estimate of drug-likeness (QED) is 0.536. The molecule has 0 aliphatic heterocycles. The minimum absolute atomic E-state index is 0.127. The third kappa shape index (κ3) is 2.84. The van der Waals surface area contributed by atoms with Gasteiger partial charge >= 0.3 is 5.97 Å². The van der Waals surface area contributed by atoms with Gasteiger partial charge in [-0.2, -0.15) is 12.6 Å². The molecule has 1 aromatic carbocycles. The molecule has 1 aromatic rings. The van der Waals surface area contributed by atoms with Crippen molar-refractivity contribution in [1.82, 2.24) is 0 Å². The maximum Gasteiger partial charge on any atom is 0.337 e. The van der Waals surface area contributed by atoms with Crippen molar-refractivity contribution < 1.29 is 19.8 Å². The van der Waals surface area contributed by atoms with Crippen LogP contribution in [0.2, 0.25) is 0 Å². The van der Waals surface area contributed by atoms with Crippen molar-refractivity contribution in [1.29, 1.82) is 0 Å². The molecule has 0 aliphatic carbocycles. The van der Waals surface area contributed by atoms with Crippen LogP contribution in [0.4, 0.5) is 0 Å². The van der Waals surface area contributed by atoms with E-state index in [2.05, 4.69) is 12.6 Å². The molecule has 0 amide bonds. The highest BCUT2D eigenvalue weighted by molar-refractivity contribution is 7.80. The highest BCUT2D eigenvalue weighted by Gasteiger charge is 2.21. The van der Waals surface area contributed by atoms with Gasteiger partial charge in [0.1, 0.15) is 0 Å². The molecular formula is C11H12O4S. The van der Waals surface area contributed by atoms with E-state index in [4.69, 9.17) is 5.11 Å². The number of carbonyl (C=O) groups excluding carboxylic acids is 1. The van der Waals surface area contributed by atoms with E-state index in [1.807, 2.05) is 0 Å². The number of Topliss-reactive ketones (excluding diaryl/α,β-unsaturated/α-hetero) is 1. The van der Waals surface area contributed by atoms with E-state index in [1.54, 1.807) is 12.1 Å². The van der Waals surface area contributed by atoms with Crippen molar-refractivity contribution in [2.45, 2.75) is 12.5 Å². The van der Waals surface area contributed by atoms with E-state index in [9.17, 15) is 14.7 Å². The van der Waals surface area contributed by atoms with E-state index in [0.717, 1.165) is 0 Å². The molecule has 0 bridgehead atoms. The summed E-state index contributed by atoms with van der Waals surface area (Å²) in [6.07, 6.45) is -1.45. The van der Waals surface area contributed by atoms with Gasteiger partial charge in [-0.15, -0.1) is 0 Å². The zero-order valence-electron chi connectivity index (χ0n) is 8.46. The average Bonchev–Trinajstić information content (AvgIpc) is 2.28. The largest absolute Gasteiger partial charge is 0.479 e. The van der Waals surface area contributed by atoms with Gasteiger partial charge in [0, 0.05) is 17.5 Å². The van der Waals surface area contributed by atoms with E-state index in [-0.39, 0.29) is 23.3 Å². The summed E-state index contributed by atoms with van der Waals surface area (Å²) in [4.78, 5) is 22.3. The fourth-order valence-electron chi connectivity index (χ4n) is 1.36. The van der Waals surface area contributed by atoms with Crippen molar-refractivity contribution in [2.24, 2.45) is 0 Å². The molecule has 0 saturated heterocycles. The number of carboxylic acid groups (broad SMARTS) is 1. The van der Waals surface area contributed by atoms with E-state index in [1.165, 1.54) is 12.1 Å². The van der Waals surface area contributed by atoms with Crippen molar-refractivity contribution in [3.8, 4) is 0 Å². The topological polar surface area (TPSA) is 74.6 Å². The van der Waals surface area contributed by atoms with Gasteiger partial charge in [-0.3, -0.25) is 4.79 Å². The molecule has 86 valence electrons. The molecule has 4 nitrogen and oxygen atoms in total. The van der Waals surface area contributed by atoms with E-state index < -0.39 is 12.1 Å². The highest BCUT2D eigenvalue weighted by Crippen LogP contribution is 2.19. The zero-order chi connectivity index (χ0) is 12.1. The van der Waals surface area contributed by atoms with Crippen LogP contribution in [0.15, 0.2) is 24.3 Å². The molecule has 0 spiro atoms. The highest BCUT2D eigenvalue weighted by atomic mass is 32.1. The van der Waals surface area contributed by atoms with Crippen molar-refractivity contribution in [3.63, 3.8) is 0 Å². The first-order chi connectivity index (χ1) is 7.57. The fraction of sp³-hybridized carbons (Fsp3) is 0.273. The van der Waals surface area contributed by atoms with Crippen LogP contribution in [0.25, 0.3) is 0 Å². The number of hydrogen-bond donors (Lipinski definition) is 3. The Morgan fingerprint density at radius 1 is 1.31 bits per heavy atom. The van der Waals surface area contributed by atoms with E-state index >= 15 is 0 Å². The van der Waals surface area contributed by atoms with Crippen LogP contribution in [0.1, 0.15) is 28.4 Å². The Hall–Kier alpha value is -1.33. The predicted molar refractivity (Wildman–Crippen MR) is 61.8 cm³/mol. The van der Waals surface area contributed by atoms with Crippen LogP contribution < -0.4 is 0 Å². The molecule has 0 heterocycles. The summed E-state index contributed by atoms with van der Waals surface area (Å²) < 4.78 is 0. The minimum atomic E-state index is -1.67. The predicted octanol–water partition coefficient (Wildman–Crippen LogP) is 1.31. The second-order valence-electron chi connectivity index (χ2n) is 3.22. The number of aliphatic hydroxyl groups excluding tert-OH is 1. The number of benzene rings is 1. The van der Waals surface area contributed by atoms with Crippen LogP contribution in [0, 0.1) is 0 Å². The number of carboxylic acids is 1. The van der Waals surface area contributed by atoms with Crippen molar-refractivity contribution in [3.05, 3.63) is 35.4 Å². The Morgan fingerprint density at radius 3 is 2.50 bits per heavy atom. The van der Waals surface area contributed by atoms with Crippen molar-refractivity contribution >= 4 is 24.4 Å². The molecule has 5 heteroatoms. The second kappa shape index (κ2) is 5.67. The van der Waals surface area contributed by atoms with Gasteiger partial charge in [0.05, 0.1) is 0 Å². The third-order valence-corrected chi connectivity index (χ3v) is 2.35. The summed E-state index contributed by atoms with van der Waals surface area (Å²) in [7, 11) is 0. The Kier molecular flexibility index (Phi) is 4.52. The Balaban J connectivity index is 3.09. The maximum atomic E-state index is 11.6. The first-order valence-corrected chi connectivity index (χ1v) is 5.35. The summed E-state index contributed by atoms with van der Waals surface area (Å²) in [6, 6.07) is 6.15.